The van der Waals surface area contributed by atoms with Crippen LogP contribution in [0.2, 0.25) is 0 Å². The van der Waals surface area contributed by atoms with Gasteiger partial charge in [-0.2, -0.15) is 14.8 Å². The number of carbonyl (C=O) groups is 1. The molecule has 0 radical (unpaired) electrons. The number of carbonyl (C=O) groups excluding carboxylic acids is 1. The van der Waals surface area contributed by atoms with Gasteiger partial charge in [-0.1, -0.05) is 42.5 Å². The van der Waals surface area contributed by atoms with Crippen molar-refractivity contribution in [3.8, 4) is 6.01 Å². The highest BCUT2D eigenvalue weighted by Gasteiger charge is 2.33. The Hall–Kier alpha value is -3.41. The third kappa shape index (κ3) is 2.23. The predicted molar refractivity (Wildman–Crippen MR) is 97.4 cm³/mol. The van der Waals surface area contributed by atoms with E-state index < -0.39 is 0 Å². The molecular weight excluding hydrogens is 328 g/mol. The number of fused-ring (bicyclic) bond motifs is 2. The van der Waals surface area contributed by atoms with Crippen LogP contribution in [0, 0.1) is 6.92 Å². The third-order valence-electron chi connectivity index (χ3n) is 4.77. The van der Waals surface area contributed by atoms with Gasteiger partial charge < -0.3 is 9.73 Å². The highest BCUT2D eigenvalue weighted by atomic mass is 16.4. The number of anilines is 1. The summed E-state index contributed by atoms with van der Waals surface area (Å²) in [4.78, 5) is 16.9. The van der Waals surface area contributed by atoms with Crippen molar-refractivity contribution in [1.82, 2.24) is 14.8 Å². The fourth-order valence-electron chi connectivity index (χ4n) is 3.61. The molecule has 2 aromatic carbocycles. The fraction of sp³-hybridized carbons (Fsp3) is 0.150. The second-order valence-corrected chi connectivity index (χ2v) is 6.44. The van der Waals surface area contributed by atoms with Crippen molar-refractivity contribution in [3.05, 3.63) is 71.4 Å². The molecule has 0 fully saturated rings. The number of para-hydroxylation sites is 2. The monoisotopic (exact) mass is 344 g/mol. The first kappa shape index (κ1) is 14.9. The molecule has 0 spiro atoms. The molecule has 3 heterocycles. The highest BCUT2D eigenvalue weighted by Crippen LogP contribution is 2.40. The second kappa shape index (κ2) is 5.56. The van der Waals surface area contributed by atoms with Crippen LogP contribution in [0.1, 0.15) is 29.2 Å². The molecule has 1 aliphatic rings. The SMILES string of the molecule is Cc1nn(-c2nc3ccccc3o2)c2c1C(c1ccccc1)CC(=O)N2. The minimum absolute atomic E-state index is 0.0296. The summed E-state index contributed by atoms with van der Waals surface area (Å²) in [7, 11) is 0. The average molecular weight is 344 g/mol. The summed E-state index contributed by atoms with van der Waals surface area (Å²) in [6.45, 7) is 1.95. The van der Waals surface area contributed by atoms with Crippen molar-refractivity contribution < 1.29 is 9.21 Å². The summed E-state index contributed by atoms with van der Waals surface area (Å²) in [5.74, 6) is 0.570. The molecule has 6 nitrogen and oxygen atoms in total. The first-order valence-electron chi connectivity index (χ1n) is 8.51. The van der Waals surface area contributed by atoms with Crippen molar-refractivity contribution in [2.45, 2.75) is 19.3 Å². The van der Waals surface area contributed by atoms with Gasteiger partial charge in [-0.15, -0.1) is 0 Å². The molecular formula is C20H16N4O2. The maximum atomic E-state index is 12.4. The Labute approximate surface area is 149 Å². The smallest absolute Gasteiger partial charge is 0.325 e. The lowest BCUT2D eigenvalue weighted by Gasteiger charge is -2.23. The summed E-state index contributed by atoms with van der Waals surface area (Å²) in [5, 5.41) is 7.57. The number of oxazole rings is 1. The number of benzene rings is 2. The van der Waals surface area contributed by atoms with Gasteiger partial charge in [-0.25, -0.2) is 0 Å². The number of hydrogen-bond acceptors (Lipinski definition) is 4. The Morgan fingerprint density at radius 1 is 1.12 bits per heavy atom. The number of amides is 1. The van der Waals surface area contributed by atoms with Crippen LogP contribution in [0.3, 0.4) is 0 Å². The molecule has 0 aliphatic carbocycles. The van der Waals surface area contributed by atoms with E-state index in [0.29, 0.717) is 23.8 Å². The molecule has 0 saturated heterocycles. The Morgan fingerprint density at radius 3 is 2.69 bits per heavy atom. The number of aromatic nitrogens is 3. The lowest BCUT2D eigenvalue weighted by molar-refractivity contribution is -0.116. The van der Waals surface area contributed by atoms with Crippen LogP contribution in [-0.4, -0.2) is 20.7 Å². The normalized spacial score (nSPS) is 16.5. The Morgan fingerprint density at radius 2 is 1.88 bits per heavy atom. The molecule has 0 saturated carbocycles. The number of aryl methyl sites for hydroxylation is 1. The van der Waals surface area contributed by atoms with Crippen LogP contribution in [0.5, 0.6) is 0 Å². The first-order valence-corrected chi connectivity index (χ1v) is 8.51. The van der Waals surface area contributed by atoms with Gasteiger partial charge in [0, 0.05) is 17.9 Å². The van der Waals surface area contributed by atoms with E-state index in [0.717, 1.165) is 22.3 Å². The van der Waals surface area contributed by atoms with Gasteiger partial charge in [0.15, 0.2) is 5.58 Å². The van der Waals surface area contributed by atoms with Crippen LogP contribution < -0.4 is 5.32 Å². The van der Waals surface area contributed by atoms with E-state index in [1.807, 2.05) is 61.5 Å². The largest absolute Gasteiger partial charge is 0.422 e. The minimum Gasteiger partial charge on any atom is -0.422 e. The summed E-state index contributed by atoms with van der Waals surface area (Å²) >= 11 is 0. The van der Waals surface area contributed by atoms with Gasteiger partial charge in [0.1, 0.15) is 11.3 Å². The summed E-state index contributed by atoms with van der Waals surface area (Å²) in [6.07, 6.45) is 0.400. The zero-order valence-electron chi connectivity index (χ0n) is 14.1. The van der Waals surface area contributed by atoms with E-state index in [1.54, 1.807) is 4.68 Å². The average Bonchev–Trinajstić information content (AvgIpc) is 3.23. The zero-order valence-corrected chi connectivity index (χ0v) is 14.1. The molecule has 5 rings (SSSR count). The van der Waals surface area contributed by atoms with E-state index in [1.165, 1.54) is 0 Å². The van der Waals surface area contributed by atoms with E-state index in [4.69, 9.17) is 4.42 Å². The third-order valence-corrected chi connectivity index (χ3v) is 4.77. The first-order chi connectivity index (χ1) is 12.7. The summed E-state index contributed by atoms with van der Waals surface area (Å²) < 4.78 is 7.44. The Balaban J connectivity index is 1.69. The Kier molecular flexibility index (Phi) is 3.18. The number of nitrogens with one attached hydrogen (secondary N) is 1. The molecule has 26 heavy (non-hydrogen) atoms. The van der Waals surface area contributed by atoms with Gasteiger partial charge in [0.25, 0.3) is 0 Å². The lowest BCUT2D eigenvalue weighted by Crippen LogP contribution is -2.24. The van der Waals surface area contributed by atoms with Crippen molar-refractivity contribution in [3.63, 3.8) is 0 Å². The van der Waals surface area contributed by atoms with Gasteiger partial charge in [0.05, 0.1) is 5.69 Å². The van der Waals surface area contributed by atoms with Crippen LogP contribution in [0.25, 0.3) is 17.1 Å². The van der Waals surface area contributed by atoms with E-state index in [9.17, 15) is 4.79 Å². The van der Waals surface area contributed by atoms with Gasteiger partial charge in [-0.3, -0.25) is 4.79 Å². The van der Waals surface area contributed by atoms with Crippen molar-refractivity contribution in [1.29, 1.82) is 0 Å². The van der Waals surface area contributed by atoms with Crippen LogP contribution in [0.15, 0.2) is 59.0 Å². The maximum absolute atomic E-state index is 12.4. The number of nitrogens with zero attached hydrogens (tertiary/aromatic N) is 3. The molecule has 2 aromatic heterocycles. The van der Waals surface area contributed by atoms with E-state index in [-0.39, 0.29) is 11.8 Å². The van der Waals surface area contributed by atoms with Gasteiger partial charge >= 0.3 is 6.01 Å². The second-order valence-electron chi connectivity index (χ2n) is 6.44. The van der Waals surface area contributed by atoms with Crippen LogP contribution in [0.4, 0.5) is 5.82 Å². The van der Waals surface area contributed by atoms with Crippen LogP contribution in [-0.2, 0) is 4.79 Å². The van der Waals surface area contributed by atoms with E-state index >= 15 is 0 Å². The topological polar surface area (TPSA) is 73.0 Å². The number of hydrogen-bond donors (Lipinski definition) is 1. The number of rotatable bonds is 2. The predicted octanol–water partition coefficient (Wildman–Crippen LogP) is 3.80. The summed E-state index contributed by atoms with van der Waals surface area (Å²) in [5.41, 5.74) is 4.41. The van der Waals surface area contributed by atoms with Gasteiger partial charge in [-0.05, 0) is 24.6 Å². The van der Waals surface area contributed by atoms with Crippen molar-refractivity contribution in [2.24, 2.45) is 0 Å². The lowest BCUT2D eigenvalue weighted by atomic mass is 9.86. The molecule has 128 valence electrons. The minimum atomic E-state index is -0.0383. The molecule has 1 aliphatic heterocycles. The maximum Gasteiger partial charge on any atom is 0.325 e. The molecule has 6 heteroatoms. The summed E-state index contributed by atoms with van der Waals surface area (Å²) in [6, 6.07) is 17.9. The fourth-order valence-corrected chi connectivity index (χ4v) is 3.61. The molecule has 1 amide bonds. The Bertz CT molecular complexity index is 1090. The van der Waals surface area contributed by atoms with Crippen molar-refractivity contribution >= 4 is 22.8 Å². The zero-order chi connectivity index (χ0) is 17.7. The molecule has 4 aromatic rings. The quantitative estimate of drug-likeness (QED) is 0.600. The molecule has 0 bridgehead atoms. The van der Waals surface area contributed by atoms with Crippen LogP contribution >= 0.6 is 0 Å². The molecule has 1 N–H and O–H groups in total. The highest BCUT2D eigenvalue weighted by molar-refractivity contribution is 5.95. The standard InChI is InChI=1S/C20H16N4O2/c1-12-18-14(13-7-3-2-4-8-13)11-17(25)22-19(18)24(23-12)20-21-15-9-5-6-10-16(15)26-20/h2-10,14H,11H2,1H3,(H,22,25). The van der Waals surface area contributed by atoms with E-state index in [2.05, 4.69) is 15.4 Å². The van der Waals surface area contributed by atoms with Gasteiger partial charge in [0.2, 0.25) is 5.91 Å². The van der Waals surface area contributed by atoms with Crippen molar-refractivity contribution in [2.75, 3.05) is 5.32 Å². The molecule has 1 unspecified atom stereocenters. The molecule has 1 atom stereocenters.